The van der Waals surface area contributed by atoms with Crippen LogP contribution in [0.2, 0.25) is 0 Å². The van der Waals surface area contributed by atoms with Crippen molar-refractivity contribution in [1.82, 2.24) is 0 Å². The van der Waals surface area contributed by atoms with Gasteiger partial charge in [0.25, 0.3) is 0 Å². The van der Waals surface area contributed by atoms with Crippen LogP contribution in [-0.2, 0) is 32.7 Å². The summed E-state index contributed by atoms with van der Waals surface area (Å²) in [5.41, 5.74) is 0. The number of phosphoric acid groups is 1. The molecule has 0 aromatic carbocycles. The summed E-state index contributed by atoms with van der Waals surface area (Å²) in [6.45, 7) is 4.26. The lowest BCUT2D eigenvalue weighted by atomic mass is 10.0. The molecule has 2 atom stereocenters. The predicted octanol–water partition coefficient (Wildman–Crippen LogP) is 23.7. The normalized spacial score (nSPS) is 14.2. The molecule has 0 saturated heterocycles. The van der Waals surface area contributed by atoms with Crippen LogP contribution in [0, 0.1) is 0 Å². The van der Waals surface area contributed by atoms with E-state index < -0.39 is 26.5 Å². The first kappa shape index (κ1) is 85.4. The molecular weight excluding hydrogens is 1130 g/mol. The Morgan fingerprint density at radius 1 is 0.356 bits per heavy atom. The van der Waals surface area contributed by atoms with E-state index in [0.717, 1.165) is 116 Å². The Bertz CT molecular complexity index is 2130. The summed E-state index contributed by atoms with van der Waals surface area (Å²) in [4.78, 5) is 35.9. The molecule has 0 amide bonds. The number of carbonyl (C=O) groups excluding carboxylic acids is 2. The van der Waals surface area contributed by atoms with Crippen molar-refractivity contribution in [3.05, 3.63) is 170 Å². The Balaban J connectivity index is 4.20. The minimum Gasteiger partial charge on any atom is -0.462 e. The number of ether oxygens (including phenoxy) is 2. The third-order valence-electron chi connectivity index (χ3n) is 14.7. The van der Waals surface area contributed by atoms with Gasteiger partial charge in [0.2, 0.25) is 0 Å². The predicted molar refractivity (Wildman–Crippen MR) is 389 cm³/mol. The van der Waals surface area contributed by atoms with Crippen LogP contribution in [-0.4, -0.2) is 74.9 Å². The van der Waals surface area contributed by atoms with Crippen LogP contribution in [0.15, 0.2) is 170 Å². The Labute approximate surface area is 553 Å². The number of quaternary nitrogens is 1. The van der Waals surface area contributed by atoms with Gasteiger partial charge in [0, 0.05) is 12.8 Å². The van der Waals surface area contributed by atoms with Gasteiger partial charge in [0.05, 0.1) is 27.7 Å². The highest BCUT2D eigenvalue weighted by Crippen LogP contribution is 2.43. The maximum absolute atomic E-state index is 12.9. The zero-order valence-electron chi connectivity index (χ0n) is 58.1. The molecule has 0 aliphatic rings. The molecule has 0 rings (SSSR count). The molecule has 0 spiro atoms. The zero-order valence-corrected chi connectivity index (χ0v) is 58.9. The number of allylic oxidation sites excluding steroid dienone is 28. The van der Waals surface area contributed by atoms with Crippen molar-refractivity contribution < 1.29 is 42.1 Å². The second kappa shape index (κ2) is 68.7. The van der Waals surface area contributed by atoms with Gasteiger partial charge in [-0.1, -0.05) is 293 Å². The van der Waals surface area contributed by atoms with Gasteiger partial charge < -0.3 is 18.9 Å². The molecule has 0 aromatic rings. The van der Waals surface area contributed by atoms with Crippen molar-refractivity contribution in [2.24, 2.45) is 0 Å². The van der Waals surface area contributed by atoms with Crippen LogP contribution in [0.4, 0.5) is 0 Å². The summed E-state index contributed by atoms with van der Waals surface area (Å²) in [7, 11) is 1.43. The molecule has 0 heterocycles. The molecule has 0 radical (unpaired) electrons. The third kappa shape index (κ3) is 72.4. The highest BCUT2D eigenvalue weighted by Gasteiger charge is 2.27. The largest absolute Gasteiger partial charge is 0.472 e. The highest BCUT2D eigenvalue weighted by atomic mass is 31.2. The van der Waals surface area contributed by atoms with Crippen LogP contribution in [0.5, 0.6) is 0 Å². The molecule has 0 fully saturated rings. The van der Waals surface area contributed by atoms with Crippen molar-refractivity contribution in [2.45, 2.75) is 277 Å². The molecule has 0 aromatic heterocycles. The first-order valence-electron chi connectivity index (χ1n) is 35.9. The molecule has 0 aliphatic heterocycles. The van der Waals surface area contributed by atoms with Gasteiger partial charge in [0.15, 0.2) is 6.10 Å². The Morgan fingerprint density at radius 2 is 0.633 bits per heavy atom. The summed E-state index contributed by atoms with van der Waals surface area (Å²) in [5, 5.41) is 0. The maximum atomic E-state index is 12.9. The van der Waals surface area contributed by atoms with Crippen molar-refractivity contribution in [3.8, 4) is 0 Å². The topological polar surface area (TPSA) is 108 Å². The van der Waals surface area contributed by atoms with Crippen LogP contribution < -0.4 is 0 Å². The van der Waals surface area contributed by atoms with E-state index in [1.165, 1.54) is 122 Å². The Morgan fingerprint density at radius 3 is 0.967 bits per heavy atom. The number of esters is 2. The molecule has 1 N–H and O–H groups in total. The van der Waals surface area contributed by atoms with E-state index in [2.05, 4.69) is 184 Å². The van der Waals surface area contributed by atoms with E-state index in [1.807, 2.05) is 21.1 Å². The maximum Gasteiger partial charge on any atom is 0.472 e. The van der Waals surface area contributed by atoms with Gasteiger partial charge in [-0.25, -0.2) is 4.57 Å². The molecule has 0 bridgehead atoms. The van der Waals surface area contributed by atoms with E-state index in [-0.39, 0.29) is 32.0 Å². The van der Waals surface area contributed by atoms with Crippen LogP contribution in [0.3, 0.4) is 0 Å². The standard InChI is InChI=1S/C80H132NO8P/c1-6-8-10-12-14-16-18-20-22-24-26-28-30-32-34-35-36-37-38-39-40-41-42-43-44-45-47-49-51-53-55-57-59-61-63-65-67-69-71-73-80(83)89-78(77-88-90(84,85)87-75-74-81(3,4)5)76-86-79(82)72-70-68-66-64-62-60-58-56-54-52-50-48-46-33-31-29-27-25-23-21-19-17-15-13-11-9-7-2/h8,10,14,16,19-22,25-28,32,34,36-37,39-40,42-43,45,47,51,53,57,59,63,65,78H,6-7,9,11-13,15,17-18,23-24,29-31,33,35,38,41,44,46,48-50,52,54-56,58,60-62,64,66-77H2,1-5H3/p+1/b10-8-,16-14-,21-19-,22-20-,27-25-,28-26-,34-32-,37-36-,40-39-,43-42-,47-45-,53-51-,59-57-,65-63-. The summed E-state index contributed by atoms with van der Waals surface area (Å²) < 4.78 is 34.7. The summed E-state index contributed by atoms with van der Waals surface area (Å²) in [5.74, 6) is -0.855. The average Bonchev–Trinajstić information content (AvgIpc) is 3.58. The van der Waals surface area contributed by atoms with Gasteiger partial charge in [-0.15, -0.1) is 0 Å². The van der Waals surface area contributed by atoms with Crippen LogP contribution in [0.1, 0.15) is 271 Å². The van der Waals surface area contributed by atoms with Gasteiger partial charge >= 0.3 is 19.8 Å². The van der Waals surface area contributed by atoms with E-state index in [0.29, 0.717) is 17.4 Å². The average molecular weight is 1270 g/mol. The van der Waals surface area contributed by atoms with Gasteiger partial charge in [0.1, 0.15) is 19.8 Å². The molecule has 510 valence electrons. The Hall–Kier alpha value is -4.63. The first-order valence-corrected chi connectivity index (χ1v) is 37.4. The molecule has 90 heavy (non-hydrogen) atoms. The molecular formula is C80H133NO8P+. The summed E-state index contributed by atoms with van der Waals surface area (Å²) >= 11 is 0. The van der Waals surface area contributed by atoms with E-state index in [1.54, 1.807) is 0 Å². The van der Waals surface area contributed by atoms with Gasteiger partial charge in [-0.2, -0.15) is 0 Å². The van der Waals surface area contributed by atoms with E-state index in [9.17, 15) is 19.0 Å². The summed E-state index contributed by atoms with van der Waals surface area (Å²) in [6, 6.07) is 0. The SMILES string of the molecule is CC/C=C\C/C=C\C/C=C\C/C=C\C/C=C\C/C=C\C/C=C\C/C=C\C/C=C\C/C=C\C/C=C\C/C=C\CCCCC(=O)OC(COC(=O)CCCCCCCCCCCCCCCCC/C=C\C/C=C\CCCCCCC)COP(=O)(O)OCC[N+](C)(C)C. The van der Waals surface area contributed by atoms with E-state index in [4.69, 9.17) is 18.5 Å². The minimum absolute atomic E-state index is 0.0147. The zero-order chi connectivity index (χ0) is 65.5. The number of hydrogen-bond donors (Lipinski definition) is 1. The number of nitrogens with zero attached hydrogens (tertiary/aromatic N) is 1. The number of phosphoric ester groups is 1. The van der Waals surface area contributed by atoms with Crippen LogP contribution in [0.25, 0.3) is 0 Å². The fraction of sp³-hybridized carbons (Fsp3) is 0.625. The number of hydrogen-bond acceptors (Lipinski definition) is 7. The second-order valence-corrected chi connectivity index (χ2v) is 26.0. The van der Waals surface area contributed by atoms with Crippen molar-refractivity contribution in [3.63, 3.8) is 0 Å². The van der Waals surface area contributed by atoms with Gasteiger partial charge in [-0.3, -0.25) is 18.6 Å². The highest BCUT2D eigenvalue weighted by molar-refractivity contribution is 7.47. The number of unbranched alkanes of at least 4 members (excludes halogenated alkanes) is 22. The molecule has 2 unspecified atom stereocenters. The smallest absolute Gasteiger partial charge is 0.462 e. The fourth-order valence-corrected chi connectivity index (χ4v) is 10.0. The molecule has 0 aliphatic carbocycles. The molecule has 0 saturated carbocycles. The van der Waals surface area contributed by atoms with Crippen molar-refractivity contribution in [1.29, 1.82) is 0 Å². The lowest BCUT2D eigenvalue weighted by molar-refractivity contribution is -0.870. The summed E-state index contributed by atoms with van der Waals surface area (Å²) in [6.07, 6.45) is 105. The third-order valence-corrected chi connectivity index (χ3v) is 15.7. The lowest BCUT2D eigenvalue weighted by Gasteiger charge is -2.24. The van der Waals surface area contributed by atoms with E-state index >= 15 is 0 Å². The fourth-order valence-electron chi connectivity index (χ4n) is 9.26. The lowest BCUT2D eigenvalue weighted by Crippen LogP contribution is -2.37. The number of carbonyl (C=O) groups is 2. The molecule has 9 nitrogen and oxygen atoms in total. The first-order chi connectivity index (χ1) is 44.0. The quantitative estimate of drug-likeness (QED) is 0.0211. The number of likely N-dealkylation sites (N-methyl/N-ethyl adjacent to an activating group) is 1. The minimum atomic E-state index is -4.42. The second-order valence-electron chi connectivity index (χ2n) is 24.5. The Kier molecular flexibility index (Phi) is 65.2. The van der Waals surface area contributed by atoms with Gasteiger partial charge in [-0.05, 0) is 135 Å². The molecule has 10 heteroatoms. The van der Waals surface area contributed by atoms with Crippen molar-refractivity contribution >= 4 is 19.8 Å². The van der Waals surface area contributed by atoms with Crippen molar-refractivity contribution in [2.75, 3.05) is 47.5 Å². The van der Waals surface area contributed by atoms with Crippen LogP contribution >= 0.6 is 7.82 Å². The number of rotatable bonds is 64. The monoisotopic (exact) mass is 1270 g/mol.